The minimum absolute atomic E-state index is 0.185. The van der Waals surface area contributed by atoms with Gasteiger partial charge >= 0.3 is 0 Å². The maximum absolute atomic E-state index is 9.98. The first-order valence-corrected chi connectivity index (χ1v) is 6.80. The Balaban J connectivity index is 2.30. The lowest BCUT2D eigenvalue weighted by Crippen LogP contribution is -2.25. The van der Waals surface area contributed by atoms with Crippen molar-refractivity contribution in [2.75, 3.05) is 0 Å². The van der Waals surface area contributed by atoms with Crippen molar-refractivity contribution in [1.29, 1.82) is 0 Å². The second-order valence-electron chi connectivity index (χ2n) is 6.59. The molecule has 0 bridgehead atoms. The molecule has 1 fully saturated rings. The van der Waals surface area contributed by atoms with Gasteiger partial charge in [-0.15, -0.1) is 0 Å². The molecule has 2 aliphatic carbocycles. The molecule has 1 saturated carbocycles. The van der Waals surface area contributed by atoms with Crippen LogP contribution in [0.15, 0.2) is 11.6 Å². The lowest BCUT2D eigenvalue weighted by molar-refractivity contribution is 0.159. The van der Waals surface area contributed by atoms with E-state index in [0.717, 1.165) is 18.3 Å². The van der Waals surface area contributed by atoms with Crippen LogP contribution in [0.1, 0.15) is 53.4 Å². The maximum atomic E-state index is 9.98. The SMILES string of the molecule is CC1=C[C@@H]2[C@H](C(C)C)CC[C@@]2(C)CCC1O. The second kappa shape index (κ2) is 4.18. The van der Waals surface area contributed by atoms with Crippen LogP contribution >= 0.6 is 0 Å². The van der Waals surface area contributed by atoms with Crippen molar-refractivity contribution in [3.8, 4) is 0 Å². The quantitative estimate of drug-likeness (QED) is 0.669. The third-order valence-corrected chi connectivity index (χ3v) is 5.13. The molecule has 1 nitrogen and oxygen atoms in total. The lowest BCUT2D eigenvalue weighted by atomic mass is 9.72. The zero-order chi connectivity index (χ0) is 11.9. The van der Waals surface area contributed by atoms with Crippen LogP contribution in [-0.2, 0) is 0 Å². The summed E-state index contributed by atoms with van der Waals surface area (Å²) in [6.07, 6.45) is 7.08. The van der Waals surface area contributed by atoms with Crippen molar-refractivity contribution in [1.82, 2.24) is 0 Å². The Morgan fingerprint density at radius 1 is 1.31 bits per heavy atom. The number of fused-ring (bicyclic) bond motifs is 1. The van der Waals surface area contributed by atoms with E-state index in [2.05, 4.69) is 33.8 Å². The minimum Gasteiger partial charge on any atom is -0.389 e. The van der Waals surface area contributed by atoms with E-state index in [4.69, 9.17) is 0 Å². The smallest absolute Gasteiger partial charge is 0.0747 e. The van der Waals surface area contributed by atoms with Crippen molar-refractivity contribution in [2.24, 2.45) is 23.2 Å². The predicted octanol–water partition coefficient (Wildman–Crippen LogP) is 3.78. The molecular formula is C15H26O. The summed E-state index contributed by atoms with van der Waals surface area (Å²) in [5.41, 5.74) is 1.66. The Hall–Kier alpha value is -0.300. The molecule has 0 radical (unpaired) electrons. The summed E-state index contributed by atoms with van der Waals surface area (Å²) in [5.74, 6) is 2.29. The van der Waals surface area contributed by atoms with Gasteiger partial charge in [-0.25, -0.2) is 0 Å². The van der Waals surface area contributed by atoms with Gasteiger partial charge in [0.05, 0.1) is 6.10 Å². The summed E-state index contributed by atoms with van der Waals surface area (Å²) >= 11 is 0. The van der Waals surface area contributed by atoms with Gasteiger partial charge in [-0.3, -0.25) is 0 Å². The van der Waals surface area contributed by atoms with Gasteiger partial charge in [0.2, 0.25) is 0 Å². The summed E-state index contributed by atoms with van der Waals surface area (Å²) in [6, 6.07) is 0. The molecular weight excluding hydrogens is 196 g/mol. The zero-order valence-electron chi connectivity index (χ0n) is 11.2. The van der Waals surface area contributed by atoms with Crippen molar-refractivity contribution >= 4 is 0 Å². The average Bonchev–Trinajstić information content (AvgIpc) is 2.49. The van der Waals surface area contributed by atoms with Gasteiger partial charge in [-0.2, -0.15) is 0 Å². The highest BCUT2D eigenvalue weighted by molar-refractivity contribution is 5.16. The van der Waals surface area contributed by atoms with Crippen molar-refractivity contribution in [2.45, 2.75) is 59.5 Å². The first kappa shape index (κ1) is 12.2. The predicted molar refractivity (Wildman–Crippen MR) is 68.2 cm³/mol. The molecule has 92 valence electrons. The van der Waals surface area contributed by atoms with E-state index in [-0.39, 0.29) is 6.10 Å². The van der Waals surface area contributed by atoms with Gasteiger partial charge in [0.15, 0.2) is 0 Å². The van der Waals surface area contributed by atoms with Crippen LogP contribution in [0.3, 0.4) is 0 Å². The van der Waals surface area contributed by atoms with E-state index >= 15 is 0 Å². The van der Waals surface area contributed by atoms with E-state index in [0.29, 0.717) is 11.3 Å². The molecule has 1 N–H and O–H groups in total. The highest BCUT2D eigenvalue weighted by Crippen LogP contribution is 2.54. The maximum Gasteiger partial charge on any atom is 0.0747 e. The van der Waals surface area contributed by atoms with Gasteiger partial charge in [0.25, 0.3) is 0 Å². The fraction of sp³-hybridized carbons (Fsp3) is 0.867. The molecule has 2 rings (SSSR count). The lowest BCUT2D eigenvalue weighted by Gasteiger charge is -2.32. The molecule has 0 amide bonds. The highest BCUT2D eigenvalue weighted by Gasteiger charge is 2.45. The highest BCUT2D eigenvalue weighted by atomic mass is 16.3. The van der Waals surface area contributed by atoms with Crippen LogP contribution in [0, 0.1) is 23.2 Å². The van der Waals surface area contributed by atoms with E-state index in [1.807, 2.05) is 0 Å². The molecule has 2 aliphatic rings. The number of hydrogen-bond acceptors (Lipinski definition) is 1. The summed E-state index contributed by atoms with van der Waals surface area (Å²) in [4.78, 5) is 0. The third kappa shape index (κ3) is 1.95. The third-order valence-electron chi connectivity index (χ3n) is 5.13. The topological polar surface area (TPSA) is 20.2 Å². The number of aliphatic hydroxyl groups is 1. The van der Waals surface area contributed by atoms with Gasteiger partial charge in [0.1, 0.15) is 0 Å². The van der Waals surface area contributed by atoms with Crippen LogP contribution in [0.4, 0.5) is 0 Å². The number of allylic oxidation sites excluding steroid dienone is 1. The van der Waals surface area contributed by atoms with Crippen molar-refractivity contribution < 1.29 is 5.11 Å². The fourth-order valence-electron chi connectivity index (χ4n) is 3.81. The van der Waals surface area contributed by atoms with Crippen LogP contribution < -0.4 is 0 Å². The Labute approximate surface area is 99.9 Å². The van der Waals surface area contributed by atoms with Gasteiger partial charge in [-0.1, -0.05) is 26.8 Å². The van der Waals surface area contributed by atoms with E-state index in [1.54, 1.807) is 0 Å². The normalized spacial score (nSPS) is 44.1. The molecule has 0 heterocycles. The summed E-state index contributed by atoms with van der Waals surface area (Å²) in [5, 5.41) is 9.98. The van der Waals surface area contributed by atoms with Gasteiger partial charge in [-0.05, 0) is 61.3 Å². The standard InChI is InChI=1S/C15H26O/c1-10(2)12-5-7-15(4)8-6-14(16)11(3)9-13(12)15/h9-10,12-14,16H,5-8H2,1-4H3/t12-,13+,14?,15-/m0/s1. The van der Waals surface area contributed by atoms with Crippen LogP contribution in [0.25, 0.3) is 0 Å². The van der Waals surface area contributed by atoms with Crippen molar-refractivity contribution in [3.63, 3.8) is 0 Å². The molecule has 1 heteroatoms. The molecule has 0 spiro atoms. The van der Waals surface area contributed by atoms with Crippen LogP contribution in [-0.4, -0.2) is 11.2 Å². The van der Waals surface area contributed by atoms with E-state index in [1.165, 1.54) is 24.8 Å². The van der Waals surface area contributed by atoms with Crippen molar-refractivity contribution in [3.05, 3.63) is 11.6 Å². The summed E-state index contributed by atoms with van der Waals surface area (Å²) in [6.45, 7) is 9.23. The molecule has 0 aromatic carbocycles. The fourth-order valence-corrected chi connectivity index (χ4v) is 3.81. The Morgan fingerprint density at radius 3 is 2.56 bits per heavy atom. The number of hydrogen-bond donors (Lipinski definition) is 1. The minimum atomic E-state index is -0.185. The summed E-state index contributed by atoms with van der Waals surface area (Å²) < 4.78 is 0. The zero-order valence-corrected chi connectivity index (χ0v) is 11.2. The summed E-state index contributed by atoms with van der Waals surface area (Å²) in [7, 11) is 0. The Kier molecular flexibility index (Phi) is 3.18. The second-order valence-corrected chi connectivity index (χ2v) is 6.59. The van der Waals surface area contributed by atoms with Crippen LogP contribution in [0.2, 0.25) is 0 Å². The van der Waals surface area contributed by atoms with Gasteiger partial charge < -0.3 is 5.11 Å². The molecule has 16 heavy (non-hydrogen) atoms. The molecule has 0 aliphatic heterocycles. The monoisotopic (exact) mass is 222 g/mol. The van der Waals surface area contributed by atoms with Crippen LogP contribution in [0.5, 0.6) is 0 Å². The molecule has 4 atom stereocenters. The van der Waals surface area contributed by atoms with E-state index in [9.17, 15) is 5.11 Å². The van der Waals surface area contributed by atoms with Gasteiger partial charge in [0, 0.05) is 0 Å². The number of rotatable bonds is 1. The largest absolute Gasteiger partial charge is 0.389 e. The average molecular weight is 222 g/mol. The Morgan fingerprint density at radius 2 is 1.94 bits per heavy atom. The Bertz CT molecular complexity index is 292. The molecule has 0 aromatic rings. The van der Waals surface area contributed by atoms with E-state index < -0.39 is 0 Å². The molecule has 1 unspecified atom stereocenters. The molecule has 0 saturated heterocycles. The first-order chi connectivity index (χ1) is 7.44. The first-order valence-electron chi connectivity index (χ1n) is 6.80. The molecule has 0 aromatic heterocycles. The number of aliphatic hydroxyl groups excluding tert-OH is 1.